The Morgan fingerprint density at radius 1 is 0.800 bits per heavy atom. The lowest BCUT2D eigenvalue weighted by atomic mass is 10.1. The van der Waals surface area contributed by atoms with Crippen LogP contribution in [0, 0.1) is 0 Å². The van der Waals surface area contributed by atoms with E-state index in [1.54, 1.807) is 0 Å². The normalized spacial score (nSPS) is 10.8. The molecule has 0 unspecified atom stereocenters. The molecule has 166 valence electrons. The highest BCUT2D eigenvalue weighted by atomic mass is 16.4. The number of hydrogen-bond donors (Lipinski definition) is 1. The lowest BCUT2D eigenvalue weighted by Crippen LogP contribution is -1.93. The second kappa shape index (κ2) is 18.8. The Morgan fingerprint density at radius 3 is 2.00 bits per heavy atom. The van der Waals surface area contributed by atoms with E-state index in [4.69, 9.17) is 5.11 Å². The second-order valence-electron chi connectivity index (χ2n) is 7.92. The van der Waals surface area contributed by atoms with Gasteiger partial charge in [-0.25, -0.2) is 0 Å². The van der Waals surface area contributed by atoms with Crippen LogP contribution in [0.1, 0.15) is 96.8 Å². The van der Waals surface area contributed by atoms with Gasteiger partial charge in [-0.1, -0.05) is 94.7 Å². The summed E-state index contributed by atoms with van der Waals surface area (Å²) in [5.41, 5.74) is 1.06. The molecular weight excluding hydrogens is 370 g/mol. The van der Waals surface area contributed by atoms with E-state index in [2.05, 4.69) is 36.2 Å². The first-order valence-corrected chi connectivity index (χ1v) is 11.9. The van der Waals surface area contributed by atoms with Crippen LogP contribution in [0.5, 0.6) is 0 Å². The van der Waals surface area contributed by atoms with Gasteiger partial charge in [0.15, 0.2) is 0 Å². The molecule has 0 bridgehead atoms. The molecule has 1 aromatic carbocycles. The molecule has 2 aromatic rings. The number of nitrogens with zero attached hydrogens (tertiary/aromatic N) is 1. The fourth-order valence-electron chi connectivity index (χ4n) is 3.36. The predicted molar refractivity (Wildman–Crippen MR) is 129 cm³/mol. The smallest absolute Gasteiger partial charge is 0.303 e. The topological polar surface area (TPSA) is 50.2 Å². The Kier molecular flexibility index (Phi) is 16.3. The van der Waals surface area contributed by atoms with Gasteiger partial charge in [0, 0.05) is 18.0 Å². The van der Waals surface area contributed by atoms with Crippen LogP contribution >= 0.6 is 0 Å². The quantitative estimate of drug-likeness (QED) is 0.237. The van der Waals surface area contributed by atoms with E-state index in [0.717, 1.165) is 18.4 Å². The first-order chi connectivity index (χ1) is 14.7. The van der Waals surface area contributed by atoms with E-state index in [1.165, 1.54) is 76.0 Å². The summed E-state index contributed by atoms with van der Waals surface area (Å²) in [4.78, 5) is 14.5. The van der Waals surface area contributed by atoms with E-state index in [0.29, 0.717) is 6.42 Å². The third-order valence-corrected chi connectivity index (χ3v) is 5.16. The zero-order chi connectivity index (χ0) is 21.7. The molecule has 1 heterocycles. The van der Waals surface area contributed by atoms with Crippen molar-refractivity contribution < 1.29 is 9.90 Å². The number of hydrogen-bond acceptors (Lipinski definition) is 2. The van der Waals surface area contributed by atoms with Crippen molar-refractivity contribution in [2.45, 2.75) is 96.8 Å². The Hall–Kier alpha value is -2.16. The largest absolute Gasteiger partial charge is 0.481 e. The number of aromatic nitrogens is 1. The van der Waals surface area contributed by atoms with Crippen LogP contribution in [-0.2, 0) is 4.79 Å². The minimum Gasteiger partial charge on any atom is -0.481 e. The van der Waals surface area contributed by atoms with Crippen molar-refractivity contribution in [1.82, 2.24) is 4.98 Å². The molecule has 1 N–H and O–H groups in total. The van der Waals surface area contributed by atoms with Crippen molar-refractivity contribution in [3.8, 4) is 0 Å². The average molecular weight is 412 g/mol. The van der Waals surface area contributed by atoms with Crippen LogP contribution in [-0.4, -0.2) is 16.1 Å². The van der Waals surface area contributed by atoms with Crippen molar-refractivity contribution in [3.63, 3.8) is 0 Å². The molecule has 0 aliphatic carbocycles. The minimum absolute atomic E-state index is 0.332. The Labute approximate surface area is 183 Å². The maximum atomic E-state index is 10.3. The number of carboxylic acids is 1. The van der Waals surface area contributed by atoms with Gasteiger partial charge in [0.1, 0.15) is 0 Å². The fraction of sp³-hybridized carbons (Fsp3) is 0.556. The monoisotopic (exact) mass is 411 g/mol. The molecule has 3 heteroatoms. The summed E-state index contributed by atoms with van der Waals surface area (Å²) in [5.74, 6) is -0.664. The number of fused-ring (bicyclic) bond motifs is 1. The molecule has 0 saturated carbocycles. The molecule has 3 nitrogen and oxygen atoms in total. The summed E-state index contributed by atoms with van der Waals surface area (Å²) in [6.45, 7) is 2.26. The van der Waals surface area contributed by atoms with Crippen molar-refractivity contribution in [1.29, 1.82) is 0 Å². The number of rotatable bonds is 15. The molecule has 30 heavy (non-hydrogen) atoms. The highest BCUT2D eigenvalue weighted by Crippen LogP contribution is 2.10. The summed E-state index contributed by atoms with van der Waals surface area (Å²) in [7, 11) is 0. The van der Waals surface area contributed by atoms with Gasteiger partial charge in [-0.05, 0) is 44.2 Å². The third-order valence-electron chi connectivity index (χ3n) is 5.16. The van der Waals surface area contributed by atoms with E-state index in [1.807, 2.05) is 30.5 Å². The van der Waals surface area contributed by atoms with Gasteiger partial charge in [0.2, 0.25) is 0 Å². The first kappa shape index (κ1) is 25.9. The van der Waals surface area contributed by atoms with Crippen molar-refractivity contribution in [3.05, 3.63) is 54.7 Å². The zero-order valence-electron chi connectivity index (χ0n) is 18.9. The highest BCUT2D eigenvalue weighted by molar-refractivity contribution is 5.77. The minimum atomic E-state index is -0.664. The van der Waals surface area contributed by atoms with Gasteiger partial charge in [-0.3, -0.25) is 9.78 Å². The zero-order valence-corrected chi connectivity index (χ0v) is 18.9. The fourth-order valence-corrected chi connectivity index (χ4v) is 3.36. The number of carboxylic acid groups (broad SMARTS) is 1. The number of aliphatic carboxylic acids is 1. The molecule has 0 amide bonds. The Morgan fingerprint density at radius 2 is 1.37 bits per heavy atom. The van der Waals surface area contributed by atoms with Gasteiger partial charge in [-0.15, -0.1) is 0 Å². The molecule has 0 aliphatic rings. The Balaban J connectivity index is 0.000000367. The second-order valence-corrected chi connectivity index (χ2v) is 7.92. The Bertz CT molecular complexity index is 631. The van der Waals surface area contributed by atoms with E-state index in [9.17, 15) is 4.79 Å². The van der Waals surface area contributed by atoms with Gasteiger partial charge < -0.3 is 5.11 Å². The molecule has 0 fully saturated rings. The van der Waals surface area contributed by atoms with Crippen LogP contribution in [0.3, 0.4) is 0 Å². The molecule has 0 radical (unpaired) electrons. The van der Waals surface area contributed by atoms with Crippen molar-refractivity contribution in [2.75, 3.05) is 0 Å². The molecule has 0 atom stereocenters. The van der Waals surface area contributed by atoms with Gasteiger partial charge in [0.25, 0.3) is 0 Å². The number of carbonyl (C=O) groups is 1. The van der Waals surface area contributed by atoms with E-state index >= 15 is 0 Å². The predicted octanol–water partition coefficient (Wildman–Crippen LogP) is 8.34. The highest BCUT2D eigenvalue weighted by Gasteiger charge is 1.95. The van der Waals surface area contributed by atoms with Gasteiger partial charge in [-0.2, -0.15) is 0 Å². The number of para-hydroxylation sites is 1. The van der Waals surface area contributed by atoms with Crippen LogP contribution < -0.4 is 0 Å². The SMILES string of the molecule is CCCCCCCCC=CCCCCCCCC(=O)O.c1ccc2ncccc2c1. The molecule has 0 saturated heterocycles. The van der Waals surface area contributed by atoms with Gasteiger partial charge in [0.05, 0.1) is 5.52 Å². The number of allylic oxidation sites excluding steroid dienone is 2. The molecule has 1 aromatic heterocycles. The lowest BCUT2D eigenvalue weighted by Gasteiger charge is -1.99. The van der Waals surface area contributed by atoms with Gasteiger partial charge >= 0.3 is 5.97 Å². The van der Waals surface area contributed by atoms with Crippen molar-refractivity contribution in [2.24, 2.45) is 0 Å². The van der Waals surface area contributed by atoms with Crippen LogP contribution in [0.4, 0.5) is 0 Å². The van der Waals surface area contributed by atoms with Crippen molar-refractivity contribution >= 4 is 16.9 Å². The number of unbranched alkanes of at least 4 members (excludes halogenated alkanes) is 11. The average Bonchev–Trinajstić information content (AvgIpc) is 2.77. The molecular formula is C27H41NO2. The standard InChI is InChI=1S/C18H34O2.C9H7N/c1-2-3-4-5-6-7-8-9-10-11-12-13-14-15-16-17-18(19)20;1-2-6-9-8(4-1)5-3-7-10-9/h9-10H,2-8,11-17H2,1H3,(H,19,20);1-7H. The number of pyridine rings is 1. The number of benzene rings is 1. The molecule has 0 spiro atoms. The maximum Gasteiger partial charge on any atom is 0.303 e. The first-order valence-electron chi connectivity index (χ1n) is 11.9. The van der Waals surface area contributed by atoms with E-state index in [-0.39, 0.29) is 0 Å². The summed E-state index contributed by atoms with van der Waals surface area (Å²) in [6.07, 6.45) is 23.0. The maximum absolute atomic E-state index is 10.3. The summed E-state index contributed by atoms with van der Waals surface area (Å²) in [5, 5.41) is 9.71. The molecule has 0 aliphatic heterocycles. The summed E-state index contributed by atoms with van der Waals surface area (Å²) < 4.78 is 0. The lowest BCUT2D eigenvalue weighted by molar-refractivity contribution is -0.137. The third kappa shape index (κ3) is 14.8. The summed E-state index contributed by atoms with van der Waals surface area (Å²) >= 11 is 0. The van der Waals surface area contributed by atoms with Crippen LogP contribution in [0.2, 0.25) is 0 Å². The van der Waals surface area contributed by atoms with E-state index < -0.39 is 5.97 Å². The summed E-state index contributed by atoms with van der Waals surface area (Å²) in [6, 6.07) is 12.1. The van der Waals surface area contributed by atoms with Crippen LogP contribution in [0.15, 0.2) is 54.7 Å². The molecule has 2 rings (SSSR count). The van der Waals surface area contributed by atoms with Crippen LogP contribution in [0.25, 0.3) is 10.9 Å².